The molecular formula is C11H14ClNO5S2. The summed E-state index contributed by atoms with van der Waals surface area (Å²) >= 11 is 5.70. The van der Waals surface area contributed by atoms with E-state index in [1.807, 2.05) is 0 Å². The van der Waals surface area contributed by atoms with E-state index in [4.69, 9.17) is 11.6 Å². The van der Waals surface area contributed by atoms with Gasteiger partial charge in [0.15, 0.2) is 5.75 Å². The summed E-state index contributed by atoms with van der Waals surface area (Å²) in [6, 6.07) is 4.32. The van der Waals surface area contributed by atoms with Gasteiger partial charge in [0.25, 0.3) is 0 Å². The van der Waals surface area contributed by atoms with Crippen molar-refractivity contribution in [3.63, 3.8) is 0 Å². The Kier molecular flexibility index (Phi) is 4.17. The molecule has 1 aromatic carbocycles. The van der Waals surface area contributed by atoms with Crippen molar-refractivity contribution in [1.82, 2.24) is 0 Å². The third-order valence-electron chi connectivity index (χ3n) is 3.18. The molecule has 112 valence electrons. The van der Waals surface area contributed by atoms with Gasteiger partial charge in [0.1, 0.15) is 9.84 Å². The quantitative estimate of drug-likeness (QED) is 0.810. The Balaban J connectivity index is 2.18. The fraction of sp³-hybridized carbons (Fsp3) is 0.455. The minimum absolute atomic E-state index is 0.00840. The zero-order valence-corrected chi connectivity index (χ0v) is 12.8. The number of aromatic hydroxyl groups is 1. The fourth-order valence-electron chi connectivity index (χ4n) is 2.01. The largest absolute Gasteiger partial charge is 0.504 e. The van der Waals surface area contributed by atoms with Gasteiger partial charge >= 0.3 is 0 Å². The monoisotopic (exact) mass is 339 g/mol. The zero-order valence-electron chi connectivity index (χ0n) is 10.4. The van der Waals surface area contributed by atoms with Crippen LogP contribution in [0, 0.1) is 0 Å². The maximum Gasteiger partial charge on any atom is 0.235 e. The highest BCUT2D eigenvalue weighted by molar-refractivity contribution is 7.94. The number of para-hydroxylation sites is 1. The lowest BCUT2D eigenvalue weighted by molar-refractivity contribution is 0.477. The van der Waals surface area contributed by atoms with Crippen LogP contribution in [0.25, 0.3) is 0 Å². The molecule has 1 heterocycles. The average molecular weight is 340 g/mol. The molecular weight excluding hydrogens is 326 g/mol. The van der Waals surface area contributed by atoms with Crippen LogP contribution < -0.4 is 4.72 Å². The predicted molar refractivity (Wildman–Crippen MR) is 77.3 cm³/mol. The lowest BCUT2D eigenvalue weighted by atomic mass is 10.2. The average Bonchev–Trinajstić information content (AvgIpc) is 2.34. The summed E-state index contributed by atoms with van der Waals surface area (Å²) in [7, 11) is -6.89. The van der Waals surface area contributed by atoms with Gasteiger partial charge in [-0.1, -0.05) is 17.7 Å². The molecule has 0 aliphatic carbocycles. The summed E-state index contributed by atoms with van der Waals surface area (Å²) in [5, 5.41) is 8.94. The van der Waals surface area contributed by atoms with Crippen LogP contribution in [0.15, 0.2) is 18.2 Å². The van der Waals surface area contributed by atoms with Crippen molar-refractivity contribution in [3.05, 3.63) is 23.2 Å². The van der Waals surface area contributed by atoms with Gasteiger partial charge in [-0.2, -0.15) is 0 Å². The number of benzene rings is 1. The normalized spacial score (nSPS) is 19.6. The number of halogens is 1. The van der Waals surface area contributed by atoms with E-state index >= 15 is 0 Å². The van der Waals surface area contributed by atoms with Gasteiger partial charge in [-0.25, -0.2) is 16.8 Å². The van der Waals surface area contributed by atoms with Gasteiger partial charge < -0.3 is 5.11 Å². The molecule has 2 rings (SSSR count). The van der Waals surface area contributed by atoms with Gasteiger partial charge in [0.05, 0.1) is 27.5 Å². The molecule has 0 atom stereocenters. The van der Waals surface area contributed by atoms with E-state index in [1.165, 1.54) is 18.2 Å². The molecule has 1 aromatic rings. The number of sulfone groups is 1. The highest BCUT2D eigenvalue weighted by atomic mass is 35.5. The number of sulfonamides is 1. The predicted octanol–water partition coefficient (Wildman–Crippen LogP) is 1.36. The van der Waals surface area contributed by atoms with Crippen molar-refractivity contribution in [1.29, 1.82) is 0 Å². The number of phenols is 1. The topological polar surface area (TPSA) is 101 Å². The number of hydrogen-bond donors (Lipinski definition) is 2. The van der Waals surface area contributed by atoms with Crippen LogP contribution in [0.4, 0.5) is 5.69 Å². The number of rotatable bonds is 3. The van der Waals surface area contributed by atoms with Crippen molar-refractivity contribution in [2.24, 2.45) is 0 Å². The summed E-state index contributed by atoms with van der Waals surface area (Å²) in [5.41, 5.74) is -0.00840. The highest BCUT2D eigenvalue weighted by Crippen LogP contribution is 2.33. The van der Waals surface area contributed by atoms with Gasteiger partial charge in [-0.05, 0) is 25.0 Å². The van der Waals surface area contributed by atoms with Crippen LogP contribution in [-0.4, -0.2) is 38.7 Å². The number of nitrogens with one attached hydrogen (secondary N) is 1. The molecule has 0 unspecified atom stereocenters. The Morgan fingerprint density at radius 1 is 1.25 bits per heavy atom. The number of hydrogen-bond acceptors (Lipinski definition) is 5. The SMILES string of the molecule is O=S1(=O)CCC(S(=O)(=O)Nc2cccc(Cl)c2O)CC1. The maximum absolute atomic E-state index is 12.2. The Morgan fingerprint density at radius 2 is 1.85 bits per heavy atom. The third kappa shape index (κ3) is 3.36. The van der Waals surface area contributed by atoms with Crippen LogP contribution >= 0.6 is 11.6 Å². The maximum atomic E-state index is 12.2. The lowest BCUT2D eigenvalue weighted by Gasteiger charge is -2.23. The smallest absolute Gasteiger partial charge is 0.235 e. The third-order valence-corrected chi connectivity index (χ3v) is 7.05. The van der Waals surface area contributed by atoms with Crippen LogP contribution in [0.2, 0.25) is 5.02 Å². The molecule has 0 aromatic heterocycles. The van der Waals surface area contributed by atoms with E-state index in [1.54, 1.807) is 0 Å². The Hall–Kier alpha value is -0.990. The second kappa shape index (κ2) is 5.42. The van der Waals surface area contributed by atoms with Crippen molar-refractivity contribution in [2.45, 2.75) is 18.1 Å². The first kappa shape index (κ1) is 15.4. The molecule has 0 radical (unpaired) electrons. The van der Waals surface area contributed by atoms with E-state index in [-0.39, 0.29) is 40.8 Å². The minimum Gasteiger partial charge on any atom is -0.504 e. The molecule has 1 saturated heterocycles. The molecule has 0 amide bonds. The minimum atomic E-state index is -3.76. The molecule has 0 spiro atoms. The Morgan fingerprint density at radius 3 is 2.45 bits per heavy atom. The van der Waals surface area contributed by atoms with E-state index in [0.29, 0.717) is 0 Å². The number of anilines is 1. The number of phenolic OH excluding ortho intramolecular Hbond substituents is 1. The Labute approximate surface area is 122 Å². The van der Waals surface area contributed by atoms with Crippen molar-refractivity contribution >= 4 is 37.1 Å². The van der Waals surface area contributed by atoms with E-state index < -0.39 is 25.1 Å². The van der Waals surface area contributed by atoms with Gasteiger partial charge in [-0.15, -0.1) is 0 Å². The second-order valence-electron chi connectivity index (χ2n) is 4.63. The molecule has 6 nitrogen and oxygen atoms in total. The first-order valence-corrected chi connectivity index (χ1v) is 9.65. The molecule has 1 aliphatic rings. The van der Waals surface area contributed by atoms with Gasteiger partial charge in [0.2, 0.25) is 10.0 Å². The van der Waals surface area contributed by atoms with E-state index in [0.717, 1.165) is 0 Å². The molecule has 20 heavy (non-hydrogen) atoms. The molecule has 1 aliphatic heterocycles. The van der Waals surface area contributed by atoms with Crippen LogP contribution in [0.1, 0.15) is 12.8 Å². The van der Waals surface area contributed by atoms with Crippen LogP contribution in [0.5, 0.6) is 5.75 Å². The summed E-state index contributed by atoms with van der Waals surface area (Å²) in [5.74, 6) is -0.624. The van der Waals surface area contributed by atoms with E-state index in [2.05, 4.69) is 4.72 Å². The van der Waals surface area contributed by atoms with E-state index in [9.17, 15) is 21.9 Å². The Bertz CT molecular complexity index is 700. The van der Waals surface area contributed by atoms with Crippen molar-refractivity contribution in [2.75, 3.05) is 16.2 Å². The molecule has 2 N–H and O–H groups in total. The summed E-state index contributed by atoms with van der Waals surface area (Å²) in [4.78, 5) is 0. The fourth-order valence-corrected chi connectivity index (χ4v) is 5.47. The van der Waals surface area contributed by atoms with Gasteiger partial charge in [-0.3, -0.25) is 4.72 Å². The van der Waals surface area contributed by atoms with Crippen LogP contribution in [0.3, 0.4) is 0 Å². The van der Waals surface area contributed by atoms with Crippen molar-refractivity contribution < 1.29 is 21.9 Å². The van der Waals surface area contributed by atoms with Gasteiger partial charge in [0, 0.05) is 0 Å². The molecule has 0 bridgehead atoms. The standard InChI is InChI=1S/C11H14ClNO5S2/c12-9-2-1-3-10(11(9)14)13-20(17,18)8-4-6-19(15,16)7-5-8/h1-3,8,13-14H,4-7H2. The molecule has 0 saturated carbocycles. The lowest BCUT2D eigenvalue weighted by Crippen LogP contribution is -2.36. The second-order valence-corrected chi connectivity index (χ2v) is 9.31. The summed E-state index contributed by atoms with van der Waals surface area (Å²) < 4.78 is 49.2. The molecule has 1 fully saturated rings. The first-order chi connectivity index (χ1) is 9.21. The highest BCUT2D eigenvalue weighted by Gasteiger charge is 2.33. The first-order valence-electron chi connectivity index (χ1n) is 5.91. The van der Waals surface area contributed by atoms with Crippen molar-refractivity contribution in [3.8, 4) is 5.75 Å². The zero-order chi connectivity index (χ0) is 15.0. The molecule has 9 heteroatoms. The summed E-state index contributed by atoms with van der Waals surface area (Å²) in [6.07, 6.45) is 0.109. The van der Waals surface area contributed by atoms with Crippen LogP contribution in [-0.2, 0) is 19.9 Å². The summed E-state index contributed by atoms with van der Waals surface area (Å²) in [6.45, 7) is 0.